The summed E-state index contributed by atoms with van der Waals surface area (Å²) >= 11 is 3.43. The van der Waals surface area contributed by atoms with Crippen molar-refractivity contribution in [2.75, 3.05) is 24.4 Å². The monoisotopic (exact) mass is 533 g/mol. The number of anilines is 2. The molecule has 0 atom stereocenters. The number of hydrogen-bond acceptors (Lipinski definition) is 5. The van der Waals surface area contributed by atoms with E-state index in [0.29, 0.717) is 32.9 Å². The number of hydrogen-bond donors (Lipinski definition) is 2. The molecule has 0 unspecified atom stereocenters. The van der Waals surface area contributed by atoms with Crippen LogP contribution in [0.25, 0.3) is 6.08 Å². The Balaban J connectivity index is 1.75. The minimum Gasteiger partial charge on any atom is -0.493 e. The first-order chi connectivity index (χ1) is 16.8. The zero-order valence-electron chi connectivity index (χ0n) is 19.5. The highest BCUT2D eigenvalue weighted by Crippen LogP contribution is 2.37. The second-order valence-corrected chi connectivity index (χ2v) is 8.48. The van der Waals surface area contributed by atoms with Gasteiger partial charge in [-0.05, 0) is 76.8 Å². The van der Waals surface area contributed by atoms with Crippen molar-refractivity contribution in [1.29, 1.82) is 5.26 Å². The molecule has 3 rings (SSSR count). The van der Waals surface area contributed by atoms with Crippen LogP contribution in [0.5, 0.6) is 11.5 Å². The highest BCUT2D eigenvalue weighted by atomic mass is 79.9. The average molecular weight is 534 g/mol. The van der Waals surface area contributed by atoms with Crippen LogP contribution in [0.15, 0.2) is 70.7 Å². The van der Waals surface area contributed by atoms with Gasteiger partial charge in [-0.3, -0.25) is 9.59 Å². The van der Waals surface area contributed by atoms with Gasteiger partial charge in [0, 0.05) is 11.4 Å². The molecule has 3 aromatic rings. The van der Waals surface area contributed by atoms with Crippen molar-refractivity contribution < 1.29 is 19.1 Å². The zero-order chi connectivity index (χ0) is 25.4. The largest absolute Gasteiger partial charge is 0.493 e. The number of nitriles is 1. The molecule has 7 nitrogen and oxygen atoms in total. The maximum Gasteiger partial charge on any atom is 0.266 e. The Hall–Kier alpha value is -4.09. The van der Waals surface area contributed by atoms with Crippen LogP contribution in [0, 0.1) is 25.2 Å². The molecular weight excluding hydrogens is 510 g/mol. The molecule has 0 saturated carbocycles. The second kappa shape index (κ2) is 11.9. The third-order valence-corrected chi connectivity index (χ3v) is 5.68. The first kappa shape index (κ1) is 25.5. The van der Waals surface area contributed by atoms with Crippen LogP contribution in [-0.4, -0.2) is 25.5 Å². The smallest absolute Gasteiger partial charge is 0.266 e. The number of amides is 2. The van der Waals surface area contributed by atoms with Crippen molar-refractivity contribution in [3.63, 3.8) is 0 Å². The molecule has 8 heteroatoms. The van der Waals surface area contributed by atoms with Gasteiger partial charge in [-0.15, -0.1) is 0 Å². The first-order valence-electron chi connectivity index (χ1n) is 10.7. The molecular formula is C27H24BrN3O4. The first-order valence-corrected chi connectivity index (χ1v) is 11.5. The molecule has 35 heavy (non-hydrogen) atoms. The van der Waals surface area contributed by atoms with E-state index in [1.807, 2.05) is 56.3 Å². The van der Waals surface area contributed by atoms with E-state index in [0.717, 1.165) is 11.1 Å². The number of nitrogens with zero attached hydrogens (tertiary/aromatic N) is 1. The van der Waals surface area contributed by atoms with Gasteiger partial charge in [0.2, 0.25) is 0 Å². The summed E-state index contributed by atoms with van der Waals surface area (Å²) in [4.78, 5) is 25.0. The van der Waals surface area contributed by atoms with E-state index < -0.39 is 5.91 Å². The standard InChI is InChI=1S/C27H24BrN3O4/c1-17-8-4-6-10-22(17)30-25(32)16-35-26-21(28)13-19(14-24(26)34-3)12-20(15-29)27(33)31-23-11-7-5-9-18(23)2/h4-14H,16H2,1-3H3,(H,30,32)(H,31,33)/b20-12-. The molecule has 178 valence electrons. The Bertz CT molecular complexity index is 1330. The fourth-order valence-corrected chi connectivity index (χ4v) is 3.79. The van der Waals surface area contributed by atoms with Gasteiger partial charge in [-0.1, -0.05) is 36.4 Å². The summed E-state index contributed by atoms with van der Waals surface area (Å²) < 4.78 is 11.6. The number of ether oxygens (including phenoxy) is 2. The Morgan fingerprint density at radius 1 is 1.00 bits per heavy atom. The van der Waals surface area contributed by atoms with E-state index in [-0.39, 0.29) is 18.1 Å². The number of benzene rings is 3. The summed E-state index contributed by atoms with van der Waals surface area (Å²) in [6, 6.07) is 20.0. The summed E-state index contributed by atoms with van der Waals surface area (Å²) in [6.07, 6.45) is 1.45. The maximum absolute atomic E-state index is 12.6. The van der Waals surface area contributed by atoms with E-state index in [2.05, 4.69) is 26.6 Å². The average Bonchev–Trinajstić information content (AvgIpc) is 2.84. The van der Waals surface area contributed by atoms with Gasteiger partial charge >= 0.3 is 0 Å². The van der Waals surface area contributed by atoms with E-state index in [9.17, 15) is 14.9 Å². The molecule has 0 aliphatic heterocycles. The quantitative estimate of drug-likeness (QED) is 0.288. The van der Waals surface area contributed by atoms with Crippen LogP contribution in [0.4, 0.5) is 11.4 Å². The van der Waals surface area contributed by atoms with Gasteiger partial charge in [-0.2, -0.15) is 5.26 Å². The van der Waals surface area contributed by atoms with Gasteiger partial charge in [0.05, 0.1) is 11.6 Å². The number of methoxy groups -OCH3 is 1. The van der Waals surface area contributed by atoms with Gasteiger partial charge in [0.25, 0.3) is 11.8 Å². The van der Waals surface area contributed by atoms with Crippen LogP contribution in [0.3, 0.4) is 0 Å². The summed E-state index contributed by atoms with van der Waals surface area (Å²) in [7, 11) is 1.46. The molecule has 0 bridgehead atoms. The second-order valence-electron chi connectivity index (χ2n) is 7.62. The number of aryl methyl sites for hydroxylation is 2. The highest BCUT2D eigenvalue weighted by molar-refractivity contribution is 9.10. The Morgan fingerprint density at radius 2 is 1.60 bits per heavy atom. The van der Waals surface area contributed by atoms with Crippen LogP contribution in [-0.2, 0) is 9.59 Å². The molecule has 2 amide bonds. The number of rotatable bonds is 8. The molecule has 0 saturated heterocycles. The maximum atomic E-state index is 12.6. The van der Waals surface area contributed by atoms with Gasteiger partial charge in [0.1, 0.15) is 11.6 Å². The van der Waals surface area contributed by atoms with Crippen molar-refractivity contribution in [1.82, 2.24) is 0 Å². The number of carbonyl (C=O) groups is 2. The molecule has 0 aliphatic rings. The third-order valence-electron chi connectivity index (χ3n) is 5.09. The normalized spacial score (nSPS) is 10.8. The molecule has 0 spiro atoms. The number of halogens is 1. The predicted molar refractivity (Wildman–Crippen MR) is 139 cm³/mol. The van der Waals surface area contributed by atoms with Crippen molar-refractivity contribution in [2.45, 2.75) is 13.8 Å². The van der Waals surface area contributed by atoms with Gasteiger partial charge < -0.3 is 20.1 Å². The van der Waals surface area contributed by atoms with Crippen molar-refractivity contribution in [2.24, 2.45) is 0 Å². The van der Waals surface area contributed by atoms with Crippen LogP contribution in [0.2, 0.25) is 0 Å². The third kappa shape index (κ3) is 6.71. The fraction of sp³-hybridized carbons (Fsp3) is 0.148. The minimum atomic E-state index is -0.523. The minimum absolute atomic E-state index is 0.0755. The number of carbonyl (C=O) groups excluding carboxylic acids is 2. The van der Waals surface area contributed by atoms with Crippen molar-refractivity contribution in [3.05, 3.63) is 87.4 Å². The van der Waals surface area contributed by atoms with Crippen molar-refractivity contribution in [3.8, 4) is 17.6 Å². The van der Waals surface area contributed by atoms with Gasteiger partial charge in [0.15, 0.2) is 18.1 Å². The summed E-state index contributed by atoms with van der Waals surface area (Å²) in [5, 5.41) is 15.1. The van der Waals surface area contributed by atoms with Crippen LogP contribution in [0.1, 0.15) is 16.7 Å². The molecule has 0 aromatic heterocycles. The predicted octanol–water partition coefficient (Wildman–Crippen LogP) is 5.64. The van der Waals surface area contributed by atoms with Crippen molar-refractivity contribution >= 4 is 45.2 Å². The molecule has 0 aliphatic carbocycles. The molecule has 3 aromatic carbocycles. The molecule has 2 N–H and O–H groups in total. The molecule has 0 fully saturated rings. The fourth-order valence-electron chi connectivity index (χ4n) is 3.22. The molecule has 0 radical (unpaired) electrons. The van der Waals surface area contributed by atoms with Gasteiger partial charge in [-0.25, -0.2) is 0 Å². The topological polar surface area (TPSA) is 100 Å². The van der Waals surface area contributed by atoms with E-state index in [1.54, 1.807) is 24.3 Å². The lowest BCUT2D eigenvalue weighted by atomic mass is 10.1. The summed E-state index contributed by atoms with van der Waals surface area (Å²) in [5.74, 6) is -0.180. The SMILES string of the molecule is COc1cc(/C=C(/C#N)C(=O)Nc2ccccc2C)cc(Br)c1OCC(=O)Nc1ccccc1C. The van der Waals surface area contributed by atoms with Crippen LogP contribution >= 0.6 is 15.9 Å². The molecule has 0 heterocycles. The van der Waals surface area contributed by atoms with E-state index >= 15 is 0 Å². The Kier molecular flexibility index (Phi) is 8.65. The zero-order valence-corrected chi connectivity index (χ0v) is 21.1. The lowest BCUT2D eigenvalue weighted by molar-refractivity contribution is -0.118. The lowest BCUT2D eigenvalue weighted by Gasteiger charge is -2.14. The van der Waals surface area contributed by atoms with E-state index in [4.69, 9.17) is 9.47 Å². The lowest BCUT2D eigenvalue weighted by Crippen LogP contribution is -2.21. The summed E-state index contributed by atoms with van der Waals surface area (Å²) in [6.45, 7) is 3.53. The summed E-state index contributed by atoms with van der Waals surface area (Å²) in [5.41, 5.74) is 3.63. The Morgan fingerprint density at radius 3 is 2.17 bits per heavy atom. The number of para-hydroxylation sites is 2. The van der Waals surface area contributed by atoms with Crippen LogP contribution < -0.4 is 20.1 Å². The Labute approximate surface area is 212 Å². The number of nitrogens with one attached hydrogen (secondary N) is 2. The van der Waals surface area contributed by atoms with E-state index in [1.165, 1.54) is 13.2 Å². The highest BCUT2D eigenvalue weighted by Gasteiger charge is 2.16.